The Morgan fingerprint density at radius 2 is 2.11 bits per heavy atom. The summed E-state index contributed by atoms with van der Waals surface area (Å²) in [5, 5.41) is 11.1. The van der Waals surface area contributed by atoms with Crippen molar-refractivity contribution in [2.75, 3.05) is 24.6 Å². The number of aromatic nitrogens is 2. The molecular formula is C13H19N3OS. The van der Waals surface area contributed by atoms with Crippen LogP contribution < -0.4 is 4.90 Å². The van der Waals surface area contributed by atoms with Crippen molar-refractivity contribution in [2.45, 2.75) is 44.1 Å². The largest absolute Gasteiger partial charge is 0.378 e. The number of ether oxygens (including phenoxy) is 1. The second-order valence-electron chi connectivity index (χ2n) is 5.74. The quantitative estimate of drug-likeness (QED) is 0.823. The van der Waals surface area contributed by atoms with Crippen molar-refractivity contribution in [3.05, 3.63) is 5.01 Å². The van der Waals surface area contributed by atoms with Gasteiger partial charge in [0.05, 0.1) is 6.10 Å². The summed E-state index contributed by atoms with van der Waals surface area (Å²) in [5.74, 6) is 1.44. The first-order chi connectivity index (χ1) is 8.90. The average molecular weight is 265 g/mol. The fourth-order valence-corrected chi connectivity index (χ4v) is 4.16. The van der Waals surface area contributed by atoms with E-state index >= 15 is 0 Å². The second kappa shape index (κ2) is 4.46. The van der Waals surface area contributed by atoms with Crippen molar-refractivity contribution in [2.24, 2.45) is 5.92 Å². The standard InChI is InChI=1S/C13H19N3OS/c1-2-10-8-16(6-5-11(10)17-7-1)13-15-14-12(18-13)9-3-4-9/h9-11H,1-8H2. The minimum atomic E-state index is 0.505. The maximum absolute atomic E-state index is 5.86. The summed E-state index contributed by atoms with van der Waals surface area (Å²) in [6.45, 7) is 3.16. The maximum atomic E-state index is 5.86. The van der Waals surface area contributed by atoms with E-state index in [-0.39, 0.29) is 0 Å². The molecule has 3 fully saturated rings. The summed E-state index contributed by atoms with van der Waals surface area (Å²) in [7, 11) is 0. The van der Waals surface area contributed by atoms with Gasteiger partial charge in [0.2, 0.25) is 5.13 Å². The highest BCUT2D eigenvalue weighted by molar-refractivity contribution is 7.15. The van der Waals surface area contributed by atoms with E-state index in [9.17, 15) is 0 Å². The van der Waals surface area contributed by atoms with Crippen LogP contribution >= 0.6 is 11.3 Å². The van der Waals surface area contributed by atoms with Crippen molar-refractivity contribution in [1.82, 2.24) is 10.2 Å². The van der Waals surface area contributed by atoms with E-state index in [2.05, 4.69) is 15.1 Å². The number of nitrogens with zero attached hydrogens (tertiary/aromatic N) is 3. The van der Waals surface area contributed by atoms with Crippen LogP contribution in [-0.4, -0.2) is 36.0 Å². The molecular weight excluding hydrogens is 246 g/mol. The molecule has 3 heterocycles. The molecule has 2 saturated heterocycles. The van der Waals surface area contributed by atoms with E-state index in [1.54, 1.807) is 0 Å². The van der Waals surface area contributed by atoms with Crippen molar-refractivity contribution >= 4 is 16.5 Å². The van der Waals surface area contributed by atoms with Crippen molar-refractivity contribution in [3.8, 4) is 0 Å². The Morgan fingerprint density at radius 1 is 1.17 bits per heavy atom. The van der Waals surface area contributed by atoms with E-state index in [1.807, 2.05) is 11.3 Å². The highest BCUT2D eigenvalue weighted by Crippen LogP contribution is 2.43. The van der Waals surface area contributed by atoms with Crippen LogP contribution in [0.25, 0.3) is 0 Å². The van der Waals surface area contributed by atoms with Crippen LogP contribution in [0.1, 0.15) is 43.0 Å². The second-order valence-corrected chi connectivity index (χ2v) is 6.73. The van der Waals surface area contributed by atoms with Crippen LogP contribution in [0.4, 0.5) is 5.13 Å². The van der Waals surface area contributed by atoms with Gasteiger partial charge in [0, 0.05) is 31.5 Å². The number of anilines is 1. The molecule has 3 aliphatic rings. The van der Waals surface area contributed by atoms with Crippen LogP contribution in [0, 0.1) is 5.92 Å². The lowest BCUT2D eigenvalue weighted by Crippen LogP contribution is -2.46. The molecule has 2 atom stereocenters. The minimum Gasteiger partial charge on any atom is -0.378 e. The molecule has 1 saturated carbocycles. The van der Waals surface area contributed by atoms with Gasteiger partial charge in [-0.15, -0.1) is 10.2 Å². The molecule has 0 aromatic carbocycles. The molecule has 18 heavy (non-hydrogen) atoms. The van der Waals surface area contributed by atoms with E-state index < -0.39 is 0 Å². The van der Waals surface area contributed by atoms with E-state index in [0.29, 0.717) is 12.0 Å². The van der Waals surface area contributed by atoms with Crippen LogP contribution in [0.2, 0.25) is 0 Å². The van der Waals surface area contributed by atoms with Crippen LogP contribution in [0.5, 0.6) is 0 Å². The average Bonchev–Trinajstić information content (AvgIpc) is 3.16. The summed E-state index contributed by atoms with van der Waals surface area (Å²) in [5.41, 5.74) is 0. The van der Waals surface area contributed by atoms with E-state index in [4.69, 9.17) is 4.74 Å². The van der Waals surface area contributed by atoms with Gasteiger partial charge in [-0.1, -0.05) is 11.3 Å². The predicted molar refractivity (Wildman–Crippen MR) is 71.2 cm³/mol. The monoisotopic (exact) mass is 265 g/mol. The summed E-state index contributed by atoms with van der Waals surface area (Å²) in [4.78, 5) is 2.43. The molecule has 0 N–H and O–H groups in total. The lowest BCUT2D eigenvalue weighted by Gasteiger charge is -2.40. The number of piperidine rings is 1. The third kappa shape index (κ3) is 2.03. The lowest BCUT2D eigenvalue weighted by molar-refractivity contribution is -0.0357. The zero-order valence-corrected chi connectivity index (χ0v) is 11.4. The number of hydrogen-bond acceptors (Lipinski definition) is 5. The van der Waals surface area contributed by atoms with Crippen molar-refractivity contribution in [3.63, 3.8) is 0 Å². The molecule has 1 aromatic rings. The first kappa shape index (κ1) is 11.2. The fraction of sp³-hybridized carbons (Fsp3) is 0.846. The molecule has 98 valence electrons. The van der Waals surface area contributed by atoms with Gasteiger partial charge in [0.1, 0.15) is 5.01 Å². The summed E-state index contributed by atoms with van der Waals surface area (Å²) in [6, 6.07) is 0. The van der Waals surface area contributed by atoms with Gasteiger partial charge in [-0.05, 0) is 32.1 Å². The minimum absolute atomic E-state index is 0.505. The zero-order valence-electron chi connectivity index (χ0n) is 10.5. The Kier molecular flexibility index (Phi) is 2.77. The Bertz CT molecular complexity index is 432. The summed E-state index contributed by atoms with van der Waals surface area (Å²) in [6.07, 6.45) is 6.82. The third-order valence-corrected chi connectivity index (χ3v) is 5.49. The van der Waals surface area contributed by atoms with E-state index in [1.165, 1.54) is 30.7 Å². The molecule has 0 spiro atoms. The first-order valence-corrected chi connectivity index (χ1v) is 7.92. The Hall–Kier alpha value is -0.680. The van der Waals surface area contributed by atoms with Gasteiger partial charge in [0.15, 0.2) is 0 Å². The summed E-state index contributed by atoms with van der Waals surface area (Å²) < 4.78 is 5.86. The van der Waals surface area contributed by atoms with Crippen LogP contribution in [0.15, 0.2) is 0 Å². The Morgan fingerprint density at radius 3 is 3.00 bits per heavy atom. The van der Waals surface area contributed by atoms with Gasteiger partial charge in [-0.3, -0.25) is 0 Å². The molecule has 2 aliphatic heterocycles. The summed E-state index contributed by atoms with van der Waals surface area (Å²) >= 11 is 1.81. The first-order valence-electron chi connectivity index (χ1n) is 7.10. The SMILES string of the molecule is C1COC2CCN(c3nnc(C4CC4)s3)CC2C1. The molecule has 1 aromatic heterocycles. The van der Waals surface area contributed by atoms with Gasteiger partial charge in [-0.2, -0.15) is 0 Å². The molecule has 4 nitrogen and oxygen atoms in total. The van der Waals surface area contributed by atoms with Gasteiger partial charge >= 0.3 is 0 Å². The molecule has 4 rings (SSSR count). The van der Waals surface area contributed by atoms with Gasteiger partial charge in [0.25, 0.3) is 0 Å². The maximum Gasteiger partial charge on any atom is 0.208 e. The van der Waals surface area contributed by atoms with Crippen LogP contribution in [-0.2, 0) is 4.74 Å². The van der Waals surface area contributed by atoms with Crippen LogP contribution in [0.3, 0.4) is 0 Å². The normalized spacial score (nSPS) is 32.3. The highest BCUT2D eigenvalue weighted by Gasteiger charge is 2.34. The lowest BCUT2D eigenvalue weighted by atomic mass is 9.89. The molecule has 0 amide bonds. The van der Waals surface area contributed by atoms with Gasteiger partial charge in [-0.25, -0.2) is 0 Å². The number of rotatable bonds is 2. The predicted octanol–water partition coefficient (Wildman–Crippen LogP) is 2.42. The molecule has 0 bridgehead atoms. The van der Waals surface area contributed by atoms with E-state index in [0.717, 1.165) is 37.2 Å². The number of fused-ring (bicyclic) bond motifs is 1. The molecule has 2 unspecified atom stereocenters. The third-order valence-electron chi connectivity index (χ3n) is 4.34. The Balaban J connectivity index is 1.47. The molecule has 5 heteroatoms. The zero-order chi connectivity index (χ0) is 11.9. The number of hydrogen-bond donors (Lipinski definition) is 0. The smallest absolute Gasteiger partial charge is 0.208 e. The van der Waals surface area contributed by atoms with Gasteiger partial charge < -0.3 is 9.64 Å². The van der Waals surface area contributed by atoms with Crippen molar-refractivity contribution < 1.29 is 4.74 Å². The molecule has 0 radical (unpaired) electrons. The Labute approximate surface area is 111 Å². The molecule has 1 aliphatic carbocycles. The highest BCUT2D eigenvalue weighted by atomic mass is 32.1. The fourth-order valence-electron chi connectivity index (χ4n) is 3.11. The topological polar surface area (TPSA) is 38.2 Å². The van der Waals surface area contributed by atoms with Crippen molar-refractivity contribution in [1.29, 1.82) is 0 Å².